The molecule has 1 aromatic carbocycles. The summed E-state index contributed by atoms with van der Waals surface area (Å²) in [6.45, 7) is 1.97. The molecular formula is C10H8N4. The SMILES string of the molecule is Cc1ccccc1-n1ncnc1C#N. The first-order valence-corrected chi connectivity index (χ1v) is 4.19. The lowest BCUT2D eigenvalue weighted by atomic mass is 10.2. The fourth-order valence-corrected chi connectivity index (χ4v) is 1.30. The van der Waals surface area contributed by atoms with E-state index in [1.807, 2.05) is 37.3 Å². The van der Waals surface area contributed by atoms with Crippen LogP contribution in [0.1, 0.15) is 11.4 Å². The highest BCUT2D eigenvalue weighted by Gasteiger charge is 2.06. The standard InChI is InChI=1S/C10H8N4/c1-8-4-2-3-5-9(8)14-10(6-11)12-7-13-14/h2-5,7H,1H3. The average Bonchev–Trinajstić information content (AvgIpc) is 2.66. The lowest BCUT2D eigenvalue weighted by Gasteiger charge is -2.04. The molecule has 0 saturated heterocycles. The largest absolute Gasteiger partial charge is 0.235 e. The Morgan fingerprint density at radius 3 is 2.86 bits per heavy atom. The monoisotopic (exact) mass is 184 g/mol. The Bertz CT molecular complexity index is 493. The van der Waals surface area contributed by atoms with Gasteiger partial charge in [-0.05, 0) is 18.6 Å². The van der Waals surface area contributed by atoms with Gasteiger partial charge in [-0.3, -0.25) is 0 Å². The molecule has 4 heteroatoms. The van der Waals surface area contributed by atoms with E-state index in [4.69, 9.17) is 5.26 Å². The topological polar surface area (TPSA) is 54.5 Å². The lowest BCUT2D eigenvalue weighted by Crippen LogP contribution is -2.01. The van der Waals surface area contributed by atoms with Crippen LogP contribution in [-0.2, 0) is 0 Å². The molecule has 2 rings (SSSR count). The molecule has 0 aliphatic heterocycles. The number of aromatic nitrogens is 3. The van der Waals surface area contributed by atoms with Gasteiger partial charge < -0.3 is 0 Å². The van der Waals surface area contributed by atoms with Gasteiger partial charge in [-0.15, -0.1) is 0 Å². The van der Waals surface area contributed by atoms with Gasteiger partial charge in [-0.2, -0.15) is 10.4 Å². The quantitative estimate of drug-likeness (QED) is 0.674. The highest BCUT2D eigenvalue weighted by Crippen LogP contribution is 2.12. The first-order chi connectivity index (χ1) is 6.83. The summed E-state index contributed by atoms with van der Waals surface area (Å²) in [7, 11) is 0. The van der Waals surface area contributed by atoms with Gasteiger partial charge in [-0.25, -0.2) is 9.67 Å². The van der Waals surface area contributed by atoms with Crippen molar-refractivity contribution >= 4 is 0 Å². The molecule has 0 amide bonds. The molecule has 1 aromatic heterocycles. The Morgan fingerprint density at radius 1 is 1.36 bits per heavy atom. The van der Waals surface area contributed by atoms with Crippen LogP contribution < -0.4 is 0 Å². The van der Waals surface area contributed by atoms with E-state index in [0.29, 0.717) is 5.82 Å². The van der Waals surface area contributed by atoms with E-state index in [9.17, 15) is 0 Å². The van der Waals surface area contributed by atoms with Crippen LogP contribution in [-0.4, -0.2) is 14.8 Å². The summed E-state index contributed by atoms with van der Waals surface area (Å²) >= 11 is 0. The van der Waals surface area contributed by atoms with Gasteiger partial charge in [0.05, 0.1) is 5.69 Å². The summed E-state index contributed by atoms with van der Waals surface area (Å²) in [5.41, 5.74) is 1.95. The fourth-order valence-electron chi connectivity index (χ4n) is 1.30. The van der Waals surface area contributed by atoms with Gasteiger partial charge in [0.1, 0.15) is 12.4 Å². The maximum atomic E-state index is 8.79. The van der Waals surface area contributed by atoms with Crippen molar-refractivity contribution in [1.29, 1.82) is 5.26 Å². The molecule has 0 aliphatic carbocycles. The zero-order valence-corrected chi connectivity index (χ0v) is 7.68. The summed E-state index contributed by atoms with van der Waals surface area (Å²) < 4.78 is 1.54. The van der Waals surface area contributed by atoms with E-state index in [0.717, 1.165) is 11.3 Å². The molecule has 0 fully saturated rings. The van der Waals surface area contributed by atoms with Crippen molar-refractivity contribution in [3.8, 4) is 11.8 Å². The summed E-state index contributed by atoms with van der Waals surface area (Å²) in [6, 6.07) is 9.72. The normalized spacial score (nSPS) is 9.71. The molecule has 1 heterocycles. The molecule has 0 bridgehead atoms. The summed E-state index contributed by atoms with van der Waals surface area (Å²) in [5, 5.41) is 12.8. The second-order valence-electron chi connectivity index (χ2n) is 2.89. The molecular weight excluding hydrogens is 176 g/mol. The summed E-state index contributed by atoms with van der Waals surface area (Å²) in [6.07, 6.45) is 1.38. The highest BCUT2D eigenvalue weighted by molar-refractivity contribution is 5.40. The molecule has 0 unspecified atom stereocenters. The second-order valence-corrected chi connectivity index (χ2v) is 2.89. The average molecular weight is 184 g/mol. The predicted molar refractivity (Wildman–Crippen MR) is 50.8 cm³/mol. The third kappa shape index (κ3) is 1.25. The Labute approximate surface area is 81.4 Å². The van der Waals surface area contributed by atoms with Crippen molar-refractivity contribution in [2.45, 2.75) is 6.92 Å². The molecule has 0 radical (unpaired) electrons. The minimum absolute atomic E-state index is 0.305. The van der Waals surface area contributed by atoms with E-state index < -0.39 is 0 Å². The zero-order valence-electron chi connectivity index (χ0n) is 7.68. The maximum Gasteiger partial charge on any atom is 0.235 e. The first kappa shape index (κ1) is 8.45. The molecule has 14 heavy (non-hydrogen) atoms. The van der Waals surface area contributed by atoms with Crippen LogP contribution >= 0.6 is 0 Å². The number of nitriles is 1. The first-order valence-electron chi connectivity index (χ1n) is 4.19. The van der Waals surface area contributed by atoms with Crippen LogP contribution in [0, 0.1) is 18.3 Å². The van der Waals surface area contributed by atoms with E-state index in [-0.39, 0.29) is 0 Å². The van der Waals surface area contributed by atoms with E-state index in [2.05, 4.69) is 10.1 Å². The van der Waals surface area contributed by atoms with Crippen LogP contribution in [0.4, 0.5) is 0 Å². The Kier molecular flexibility index (Phi) is 1.99. The molecule has 0 aliphatic rings. The molecule has 2 aromatic rings. The van der Waals surface area contributed by atoms with Crippen molar-refractivity contribution in [2.75, 3.05) is 0 Å². The maximum absolute atomic E-state index is 8.79. The van der Waals surface area contributed by atoms with Gasteiger partial charge in [0.2, 0.25) is 5.82 Å². The van der Waals surface area contributed by atoms with Gasteiger partial charge in [0.25, 0.3) is 0 Å². The van der Waals surface area contributed by atoms with Crippen molar-refractivity contribution < 1.29 is 0 Å². The van der Waals surface area contributed by atoms with Crippen molar-refractivity contribution in [1.82, 2.24) is 14.8 Å². The zero-order chi connectivity index (χ0) is 9.97. The number of rotatable bonds is 1. The number of hydrogen-bond donors (Lipinski definition) is 0. The molecule has 0 spiro atoms. The van der Waals surface area contributed by atoms with Crippen LogP contribution in [0.3, 0.4) is 0 Å². The number of para-hydroxylation sites is 1. The van der Waals surface area contributed by atoms with E-state index in [1.165, 1.54) is 11.0 Å². The van der Waals surface area contributed by atoms with Crippen molar-refractivity contribution in [3.05, 3.63) is 42.0 Å². The van der Waals surface area contributed by atoms with Crippen LogP contribution in [0.2, 0.25) is 0 Å². The Balaban J connectivity index is 2.62. The van der Waals surface area contributed by atoms with Crippen molar-refractivity contribution in [2.24, 2.45) is 0 Å². The third-order valence-electron chi connectivity index (χ3n) is 1.99. The minimum atomic E-state index is 0.305. The summed E-state index contributed by atoms with van der Waals surface area (Å²) in [5.74, 6) is 0.305. The minimum Gasteiger partial charge on any atom is -0.205 e. The number of hydrogen-bond acceptors (Lipinski definition) is 3. The Morgan fingerprint density at radius 2 is 2.14 bits per heavy atom. The fraction of sp³-hybridized carbons (Fsp3) is 0.100. The molecule has 0 saturated carbocycles. The lowest BCUT2D eigenvalue weighted by molar-refractivity contribution is 0.856. The van der Waals surface area contributed by atoms with Gasteiger partial charge in [-0.1, -0.05) is 18.2 Å². The highest BCUT2D eigenvalue weighted by atomic mass is 15.3. The van der Waals surface area contributed by atoms with Crippen LogP contribution in [0.5, 0.6) is 0 Å². The number of benzene rings is 1. The number of nitrogens with zero attached hydrogens (tertiary/aromatic N) is 4. The molecule has 68 valence electrons. The van der Waals surface area contributed by atoms with E-state index >= 15 is 0 Å². The summed E-state index contributed by atoms with van der Waals surface area (Å²) in [4.78, 5) is 3.84. The Hall–Kier alpha value is -2.15. The third-order valence-corrected chi connectivity index (χ3v) is 1.99. The molecule has 0 N–H and O–H groups in total. The molecule has 4 nitrogen and oxygen atoms in total. The van der Waals surface area contributed by atoms with Crippen LogP contribution in [0.25, 0.3) is 5.69 Å². The van der Waals surface area contributed by atoms with Gasteiger partial charge in [0.15, 0.2) is 0 Å². The number of aryl methyl sites for hydroxylation is 1. The van der Waals surface area contributed by atoms with E-state index in [1.54, 1.807) is 0 Å². The molecule has 0 atom stereocenters. The predicted octanol–water partition coefficient (Wildman–Crippen LogP) is 1.45. The van der Waals surface area contributed by atoms with Gasteiger partial charge >= 0.3 is 0 Å². The van der Waals surface area contributed by atoms with Crippen molar-refractivity contribution in [3.63, 3.8) is 0 Å². The van der Waals surface area contributed by atoms with Gasteiger partial charge in [0, 0.05) is 0 Å². The van der Waals surface area contributed by atoms with Crippen LogP contribution in [0.15, 0.2) is 30.6 Å². The second kappa shape index (κ2) is 3.30. The smallest absolute Gasteiger partial charge is 0.205 e.